The molecule has 2 rings (SSSR count). The average Bonchev–Trinajstić information content (AvgIpc) is 2.64. The summed E-state index contributed by atoms with van der Waals surface area (Å²) in [7, 11) is 1.39. The summed E-state index contributed by atoms with van der Waals surface area (Å²) in [6, 6.07) is 20.0. The number of methoxy groups -OCH3 is 1. The Morgan fingerprint density at radius 2 is 1.62 bits per heavy atom. The van der Waals surface area contributed by atoms with Crippen LogP contribution in [-0.2, 0) is 27.4 Å². The molecule has 126 valence electrons. The molecule has 0 heterocycles. The van der Waals surface area contributed by atoms with E-state index in [9.17, 15) is 4.79 Å². The van der Waals surface area contributed by atoms with Crippen LogP contribution in [0.2, 0.25) is 0 Å². The van der Waals surface area contributed by atoms with Gasteiger partial charge in [0.25, 0.3) is 0 Å². The van der Waals surface area contributed by atoms with Gasteiger partial charge in [-0.2, -0.15) is 5.48 Å². The van der Waals surface area contributed by atoms with Gasteiger partial charge in [0.2, 0.25) is 0 Å². The summed E-state index contributed by atoms with van der Waals surface area (Å²) >= 11 is 0. The third-order valence-electron chi connectivity index (χ3n) is 3.56. The summed E-state index contributed by atoms with van der Waals surface area (Å²) in [4.78, 5) is 17.2. The van der Waals surface area contributed by atoms with Crippen molar-refractivity contribution in [2.75, 3.05) is 13.7 Å². The van der Waals surface area contributed by atoms with Gasteiger partial charge in [0.15, 0.2) is 0 Å². The molecule has 4 nitrogen and oxygen atoms in total. The standard InChI is InChI=1S/C20H23NO3/c1-23-20(22)19(14-8-13-17-9-4-2-5-10-17)15-21-24-16-18-11-6-3-7-12-18/h2-7,9-12,14,21H,8,13,15-16H2,1H3/b19-14+. The van der Waals surface area contributed by atoms with Crippen LogP contribution in [0.3, 0.4) is 0 Å². The second-order valence-corrected chi connectivity index (χ2v) is 5.34. The summed E-state index contributed by atoms with van der Waals surface area (Å²) < 4.78 is 4.83. The van der Waals surface area contributed by atoms with E-state index >= 15 is 0 Å². The monoisotopic (exact) mass is 325 g/mol. The number of carbonyl (C=O) groups is 1. The number of hydrogen-bond donors (Lipinski definition) is 1. The number of hydrogen-bond acceptors (Lipinski definition) is 4. The zero-order valence-electron chi connectivity index (χ0n) is 13.9. The van der Waals surface area contributed by atoms with Gasteiger partial charge in [-0.15, -0.1) is 0 Å². The number of rotatable bonds is 9. The minimum atomic E-state index is -0.334. The highest BCUT2D eigenvalue weighted by atomic mass is 16.6. The Hall–Kier alpha value is -2.43. The molecule has 0 bridgehead atoms. The topological polar surface area (TPSA) is 47.6 Å². The fourth-order valence-corrected chi connectivity index (χ4v) is 2.25. The molecule has 0 aliphatic rings. The zero-order valence-corrected chi connectivity index (χ0v) is 13.9. The Balaban J connectivity index is 1.79. The Morgan fingerprint density at radius 1 is 1.00 bits per heavy atom. The Labute approximate surface area is 143 Å². The van der Waals surface area contributed by atoms with Gasteiger partial charge in [-0.05, 0) is 24.0 Å². The first-order chi connectivity index (χ1) is 11.8. The molecule has 0 unspecified atom stereocenters. The maximum absolute atomic E-state index is 11.8. The molecule has 0 amide bonds. The number of aryl methyl sites for hydroxylation is 1. The van der Waals surface area contributed by atoms with Crippen LogP contribution >= 0.6 is 0 Å². The van der Waals surface area contributed by atoms with E-state index < -0.39 is 0 Å². The predicted octanol–water partition coefficient (Wildman–Crippen LogP) is 3.44. The van der Waals surface area contributed by atoms with Crippen molar-refractivity contribution in [2.24, 2.45) is 0 Å². The van der Waals surface area contributed by atoms with Gasteiger partial charge in [-0.25, -0.2) is 4.79 Å². The van der Waals surface area contributed by atoms with E-state index in [1.54, 1.807) is 0 Å². The van der Waals surface area contributed by atoms with Gasteiger partial charge < -0.3 is 4.74 Å². The summed E-state index contributed by atoms with van der Waals surface area (Å²) in [6.07, 6.45) is 3.55. The van der Waals surface area contributed by atoms with E-state index in [4.69, 9.17) is 9.57 Å². The van der Waals surface area contributed by atoms with E-state index in [1.807, 2.05) is 54.6 Å². The van der Waals surface area contributed by atoms with Crippen molar-refractivity contribution in [3.63, 3.8) is 0 Å². The van der Waals surface area contributed by atoms with Crippen molar-refractivity contribution < 1.29 is 14.4 Å². The predicted molar refractivity (Wildman–Crippen MR) is 94.1 cm³/mol. The number of ether oxygens (including phenoxy) is 1. The van der Waals surface area contributed by atoms with Gasteiger partial charge in [0, 0.05) is 5.57 Å². The first kappa shape index (κ1) is 17.9. The van der Waals surface area contributed by atoms with Crippen molar-refractivity contribution >= 4 is 5.97 Å². The first-order valence-electron chi connectivity index (χ1n) is 7.99. The molecule has 0 atom stereocenters. The largest absolute Gasteiger partial charge is 0.466 e. The highest BCUT2D eigenvalue weighted by Crippen LogP contribution is 2.06. The molecule has 0 aliphatic heterocycles. The van der Waals surface area contributed by atoms with Gasteiger partial charge in [-0.1, -0.05) is 66.7 Å². The normalized spacial score (nSPS) is 11.3. The third-order valence-corrected chi connectivity index (χ3v) is 3.56. The average molecular weight is 325 g/mol. The molecule has 0 aliphatic carbocycles. The maximum atomic E-state index is 11.8. The van der Waals surface area contributed by atoms with Crippen LogP contribution in [0.4, 0.5) is 0 Å². The molecule has 1 N–H and O–H groups in total. The minimum Gasteiger partial charge on any atom is -0.466 e. The van der Waals surface area contributed by atoms with Gasteiger partial charge in [-0.3, -0.25) is 4.84 Å². The number of hydroxylamine groups is 1. The number of esters is 1. The van der Waals surface area contributed by atoms with Crippen LogP contribution in [0.1, 0.15) is 17.5 Å². The number of nitrogens with one attached hydrogen (secondary N) is 1. The quantitative estimate of drug-likeness (QED) is 0.332. The highest BCUT2D eigenvalue weighted by Gasteiger charge is 2.09. The van der Waals surface area contributed by atoms with Crippen LogP contribution < -0.4 is 5.48 Å². The molecule has 2 aromatic carbocycles. The van der Waals surface area contributed by atoms with Crippen molar-refractivity contribution in [1.29, 1.82) is 0 Å². The first-order valence-corrected chi connectivity index (χ1v) is 7.99. The molecule has 2 aromatic rings. The third kappa shape index (κ3) is 6.36. The fourth-order valence-electron chi connectivity index (χ4n) is 2.25. The zero-order chi connectivity index (χ0) is 17.0. The Kier molecular flexibility index (Phi) is 7.74. The molecule has 4 heteroatoms. The fraction of sp³-hybridized carbons (Fsp3) is 0.250. The number of carbonyl (C=O) groups excluding carboxylic acids is 1. The molecular formula is C20H23NO3. The molecule has 0 spiro atoms. The molecular weight excluding hydrogens is 302 g/mol. The van der Waals surface area contributed by atoms with Crippen molar-refractivity contribution in [3.05, 3.63) is 83.4 Å². The van der Waals surface area contributed by atoms with E-state index in [-0.39, 0.29) is 5.97 Å². The van der Waals surface area contributed by atoms with E-state index in [0.717, 1.165) is 18.4 Å². The van der Waals surface area contributed by atoms with Crippen LogP contribution in [0.5, 0.6) is 0 Å². The number of allylic oxidation sites excluding steroid dienone is 1. The Morgan fingerprint density at radius 3 is 2.25 bits per heavy atom. The molecule has 0 saturated heterocycles. The van der Waals surface area contributed by atoms with E-state index in [1.165, 1.54) is 12.7 Å². The van der Waals surface area contributed by atoms with Gasteiger partial charge >= 0.3 is 5.97 Å². The summed E-state index contributed by atoms with van der Waals surface area (Å²) in [5, 5.41) is 0. The lowest BCUT2D eigenvalue weighted by Gasteiger charge is -2.08. The molecule has 0 aromatic heterocycles. The van der Waals surface area contributed by atoms with E-state index in [2.05, 4.69) is 17.6 Å². The molecule has 24 heavy (non-hydrogen) atoms. The van der Waals surface area contributed by atoms with Crippen molar-refractivity contribution in [3.8, 4) is 0 Å². The summed E-state index contributed by atoms with van der Waals surface area (Å²) in [5.41, 5.74) is 5.71. The van der Waals surface area contributed by atoms with Gasteiger partial charge in [0.1, 0.15) is 0 Å². The van der Waals surface area contributed by atoms with Crippen molar-refractivity contribution in [2.45, 2.75) is 19.4 Å². The lowest BCUT2D eigenvalue weighted by molar-refractivity contribution is -0.136. The van der Waals surface area contributed by atoms with Crippen molar-refractivity contribution in [1.82, 2.24) is 5.48 Å². The molecule has 0 saturated carbocycles. The molecule has 0 radical (unpaired) electrons. The second-order valence-electron chi connectivity index (χ2n) is 5.34. The second kappa shape index (κ2) is 10.4. The van der Waals surface area contributed by atoms with Crippen LogP contribution in [0, 0.1) is 0 Å². The summed E-state index contributed by atoms with van der Waals surface area (Å²) in [5.74, 6) is -0.334. The highest BCUT2D eigenvalue weighted by molar-refractivity contribution is 5.88. The molecule has 0 fully saturated rings. The van der Waals surface area contributed by atoms with Gasteiger partial charge in [0.05, 0.1) is 20.3 Å². The maximum Gasteiger partial charge on any atom is 0.334 e. The van der Waals surface area contributed by atoms with Crippen LogP contribution in [-0.4, -0.2) is 19.6 Å². The number of benzene rings is 2. The van der Waals surface area contributed by atoms with E-state index in [0.29, 0.717) is 18.7 Å². The van der Waals surface area contributed by atoms with Crippen LogP contribution in [0.25, 0.3) is 0 Å². The lowest BCUT2D eigenvalue weighted by Crippen LogP contribution is -2.22. The minimum absolute atomic E-state index is 0.314. The summed E-state index contributed by atoms with van der Waals surface area (Å²) in [6.45, 7) is 0.758. The lowest BCUT2D eigenvalue weighted by atomic mass is 10.1. The smallest absolute Gasteiger partial charge is 0.334 e. The SMILES string of the molecule is COC(=O)/C(=C/CCc1ccccc1)CNOCc1ccccc1. The Bertz CT molecular complexity index is 638. The van der Waals surface area contributed by atoms with Crippen LogP contribution in [0.15, 0.2) is 72.3 Å².